The summed E-state index contributed by atoms with van der Waals surface area (Å²) >= 11 is 5.81. The topological polar surface area (TPSA) is 53.1 Å². The minimum absolute atomic E-state index is 0.0486. The third-order valence-electron chi connectivity index (χ3n) is 3.12. The average Bonchev–Trinajstić information content (AvgIpc) is 2.85. The molecule has 0 spiro atoms. The maximum atomic E-state index is 14.1. The molecule has 0 aliphatic carbocycles. The second-order valence-corrected chi connectivity index (χ2v) is 5.16. The third kappa shape index (κ3) is 2.51. The van der Waals surface area contributed by atoms with Gasteiger partial charge in [-0.25, -0.2) is 4.39 Å². The van der Waals surface area contributed by atoms with Crippen LogP contribution in [0.25, 0.3) is 0 Å². The summed E-state index contributed by atoms with van der Waals surface area (Å²) in [7, 11) is 1.53. The lowest BCUT2D eigenvalue weighted by atomic mass is 10.0. The van der Waals surface area contributed by atoms with Crippen molar-refractivity contribution >= 4 is 11.6 Å². The van der Waals surface area contributed by atoms with E-state index in [1.54, 1.807) is 23.0 Å². The lowest BCUT2D eigenvalue weighted by Gasteiger charge is -2.19. The summed E-state index contributed by atoms with van der Waals surface area (Å²) in [5, 5.41) is 4.29. The Bertz CT molecular complexity index is 612. The normalized spacial score (nSPS) is 12.8. The third-order valence-corrected chi connectivity index (χ3v) is 3.41. The van der Waals surface area contributed by atoms with Gasteiger partial charge >= 0.3 is 0 Å². The van der Waals surface area contributed by atoms with Crippen LogP contribution in [0.2, 0.25) is 5.02 Å². The van der Waals surface area contributed by atoms with Gasteiger partial charge in [0.15, 0.2) is 5.75 Å². The molecule has 1 heterocycles. The van der Waals surface area contributed by atoms with E-state index in [1.165, 1.54) is 13.2 Å². The highest BCUT2D eigenvalue weighted by Crippen LogP contribution is 2.32. The highest BCUT2D eigenvalue weighted by atomic mass is 35.5. The molecule has 4 nitrogen and oxygen atoms in total. The number of ether oxygens (including phenoxy) is 1. The molecule has 2 rings (SSSR count). The van der Waals surface area contributed by atoms with Gasteiger partial charge in [-0.15, -0.1) is 0 Å². The van der Waals surface area contributed by atoms with Crippen LogP contribution in [0.5, 0.6) is 5.75 Å². The van der Waals surface area contributed by atoms with Crippen molar-refractivity contribution in [1.82, 2.24) is 9.78 Å². The Hall–Kier alpha value is -1.59. The van der Waals surface area contributed by atoms with Crippen LogP contribution < -0.4 is 10.5 Å². The van der Waals surface area contributed by atoms with Crippen molar-refractivity contribution in [3.8, 4) is 5.75 Å². The number of benzene rings is 1. The minimum Gasteiger partial charge on any atom is -0.493 e. The summed E-state index contributed by atoms with van der Waals surface area (Å²) in [4.78, 5) is 0. The highest BCUT2D eigenvalue weighted by molar-refractivity contribution is 6.30. The Morgan fingerprint density at radius 3 is 2.70 bits per heavy atom. The predicted octanol–water partition coefficient (Wildman–Crippen LogP) is 3.31. The maximum absolute atomic E-state index is 14.1. The lowest BCUT2D eigenvalue weighted by Crippen LogP contribution is -2.20. The van der Waals surface area contributed by atoms with Gasteiger partial charge < -0.3 is 10.5 Å². The van der Waals surface area contributed by atoms with Crippen molar-refractivity contribution in [3.63, 3.8) is 0 Å². The number of halogens is 2. The van der Waals surface area contributed by atoms with Crippen molar-refractivity contribution in [2.24, 2.45) is 5.73 Å². The molecule has 20 heavy (non-hydrogen) atoms. The van der Waals surface area contributed by atoms with E-state index in [1.807, 2.05) is 13.8 Å². The SMILES string of the molecule is COc1cnn(C(C)C)c1C(N)c1cccc(Cl)c1F. The molecule has 6 heteroatoms. The molecule has 0 aliphatic rings. The van der Waals surface area contributed by atoms with Crippen molar-refractivity contribution in [3.05, 3.63) is 46.5 Å². The first kappa shape index (κ1) is 14.8. The molecule has 1 aromatic carbocycles. The molecule has 2 aromatic rings. The minimum atomic E-state index is -0.700. The zero-order valence-electron chi connectivity index (χ0n) is 11.6. The largest absolute Gasteiger partial charge is 0.493 e. The fourth-order valence-corrected chi connectivity index (χ4v) is 2.31. The van der Waals surface area contributed by atoms with Crippen molar-refractivity contribution in [1.29, 1.82) is 0 Å². The molecule has 1 atom stereocenters. The van der Waals surface area contributed by atoms with Gasteiger partial charge in [0.1, 0.15) is 11.5 Å². The second kappa shape index (κ2) is 5.81. The van der Waals surface area contributed by atoms with Gasteiger partial charge in [-0.2, -0.15) is 5.10 Å². The van der Waals surface area contributed by atoms with Gasteiger partial charge in [0, 0.05) is 11.6 Å². The number of hydrogen-bond acceptors (Lipinski definition) is 3. The fourth-order valence-electron chi connectivity index (χ4n) is 2.13. The molecule has 0 radical (unpaired) electrons. The Morgan fingerprint density at radius 1 is 1.40 bits per heavy atom. The summed E-state index contributed by atoms with van der Waals surface area (Å²) in [5.41, 5.74) is 7.15. The van der Waals surface area contributed by atoms with Crippen LogP contribution in [0, 0.1) is 5.82 Å². The molecule has 0 fully saturated rings. The second-order valence-electron chi connectivity index (χ2n) is 4.76. The van der Waals surface area contributed by atoms with Gasteiger partial charge in [0.25, 0.3) is 0 Å². The number of nitrogens with two attached hydrogens (primary N) is 1. The Morgan fingerprint density at radius 2 is 2.10 bits per heavy atom. The van der Waals surface area contributed by atoms with E-state index in [-0.39, 0.29) is 11.1 Å². The molecule has 1 aromatic heterocycles. The van der Waals surface area contributed by atoms with E-state index in [4.69, 9.17) is 22.1 Å². The smallest absolute Gasteiger partial charge is 0.161 e. The standard InChI is InChI=1S/C14H17ClFN3O/c1-8(2)19-14(11(20-3)7-18-19)13(17)9-5-4-6-10(15)12(9)16/h4-8,13H,17H2,1-3H3. The first-order valence-corrected chi connectivity index (χ1v) is 6.66. The Labute approximate surface area is 122 Å². The van der Waals surface area contributed by atoms with E-state index in [0.29, 0.717) is 17.0 Å². The van der Waals surface area contributed by atoms with E-state index in [2.05, 4.69) is 5.10 Å². The van der Waals surface area contributed by atoms with Gasteiger partial charge in [-0.3, -0.25) is 4.68 Å². The van der Waals surface area contributed by atoms with Crippen molar-refractivity contribution in [2.45, 2.75) is 25.9 Å². The predicted molar refractivity (Wildman–Crippen MR) is 76.6 cm³/mol. The van der Waals surface area contributed by atoms with Crippen molar-refractivity contribution in [2.75, 3.05) is 7.11 Å². The summed E-state index contributed by atoms with van der Waals surface area (Å²) in [6.07, 6.45) is 1.58. The quantitative estimate of drug-likeness (QED) is 0.942. The summed E-state index contributed by atoms with van der Waals surface area (Å²) in [6.45, 7) is 3.94. The van der Waals surface area contributed by atoms with Gasteiger partial charge in [-0.05, 0) is 19.9 Å². The van der Waals surface area contributed by atoms with Crippen LogP contribution in [0.1, 0.15) is 37.2 Å². The molecule has 0 amide bonds. The fraction of sp³-hybridized carbons (Fsp3) is 0.357. The molecule has 0 aliphatic heterocycles. The molecule has 0 bridgehead atoms. The zero-order valence-corrected chi connectivity index (χ0v) is 12.4. The summed E-state index contributed by atoms with van der Waals surface area (Å²) in [6, 6.07) is 4.16. The van der Waals surface area contributed by atoms with Crippen LogP contribution in [0.15, 0.2) is 24.4 Å². The zero-order chi connectivity index (χ0) is 14.9. The van der Waals surface area contributed by atoms with E-state index >= 15 is 0 Å². The Balaban J connectivity index is 2.55. The molecule has 2 N–H and O–H groups in total. The molecule has 0 saturated heterocycles. The van der Waals surface area contributed by atoms with Crippen LogP contribution in [-0.2, 0) is 0 Å². The first-order valence-electron chi connectivity index (χ1n) is 6.28. The first-order chi connectivity index (χ1) is 9.47. The number of methoxy groups -OCH3 is 1. The summed E-state index contributed by atoms with van der Waals surface area (Å²) in [5.74, 6) is 0.0193. The van der Waals surface area contributed by atoms with E-state index < -0.39 is 11.9 Å². The van der Waals surface area contributed by atoms with Crippen LogP contribution in [0.3, 0.4) is 0 Å². The van der Waals surface area contributed by atoms with Crippen molar-refractivity contribution < 1.29 is 9.13 Å². The van der Waals surface area contributed by atoms with Gasteiger partial charge in [-0.1, -0.05) is 23.7 Å². The van der Waals surface area contributed by atoms with Crippen LogP contribution >= 0.6 is 11.6 Å². The number of rotatable bonds is 4. The molecular formula is C14H17ClFN3O. The average molecular weight is 298 g/mol. The van der Waals surface area contributed by atoms with Gasteiger partial charge in [0.05, 0.1) is 24.4 Å². The molecule has 108 valence electrons. The monoisotopic (exact) mass is 297 g/mol. The molecule has 0 saturated carbocycles. The number of nitrogens with zero attached hydrogens (tertiary/aromatic N) is 2. The van der Waals surface area contributed by atoms with Gasteiger partial charge in [0.2, 0.25) is 0 Å². The molecular weight excluding hydrogens is 281 g/mol. The Kier molecular flexibility index (Phi) is 4.30. The number of aromatic nitrogens is 2. The van der Waals surface area contributed by atoms with Crippen LogP contribution in [0.4, 0.5) is 4.39 Å². The van der Waals surface area contributed by atoms with E-state index in [0.717, 1.165) is 0 Å². The highest BCUT2D eigenvalue weighted by Gasteiger charge is 2.24. The van der Waals surface area contributed by atoms with E-state index in [9.17, 15) is 4.39 Å². The maximum Gasteiger partial charge on any atom is 0.161 e. The summed E-state index contributed by atoms with van der Waals surface area (Å²) < 4.78 is 21.1. The molecule has 1 unspecified atom stereocenters. The number of hydrogen-bond donors (Lipinski definition) is 1. The lowest BCUT2D eigenvalue weighted by molar-refractivity contribution is 0.400. The van der Waals surface area contributed by atoms with Crippen LogP contribution in [-0.4, -0.2) is 16.9 Å².